The van der Waals surface area contributed by atoms with E-state index in [4.69, 9.17) is 9.47 Å². The van der Waals surface area contributed by atoms with E-state index in [0.717, 1.165) is 73.7 Å². The molecule has 8 rings (SSSR count). The molecule has 0 amide bonds. The fraction of sp³-hybridized carbons (Fsp3) is 0.806. The smallest absolute Gasteiger partial charge is 1.00 e. The molecule has 14 heteroatoms. The van der Waals surface area contributed by atoms with Crippen LogP contribution in [-0.4, -0.2) is 91.1 Å². The minimum Gasteiger partial charge on any atom is -1.00 e. The molecule has 8 saturated carbocycles. The Morgan fingerprint density at radius 1 is 0.526 bits per heavy atom. The molecule has 420 valence electrons. The van der Waals surface area contributed by atoms with E-state index >= 15 is 0 Å². The number of carboxylic acids is 2. The molecule has 12 nitrogen and oxygen atoms in total. The van der Waals surface area contributed by atoms with Crippen LogP contribution < -0.4 is 59.1 Å². The summed E-state index contributed by atoms with van der Waals surface area (Å²) in [6.45, 7) is 28.9. The first-order chi connectivity index (χ1) is 34.3. The average Bonchev–Trinajstić information content (AvgIpc) is 3.72. The fourth-order valence-electron chi connectivity index (χ4n) is 19.6. The standard InChI is InChI=1S/2C31H48O6.2Na.2H/c2*1-17(2)9-8-10-20(28(35)36)26-22-15-24(34)27-29(5)13-12-23(33)18(3)21(29)11-14-30(27,6)31(22,7)16-25(26)37-19(4)32;;;;/h2*9,18,21-25,27,33-34H,8,10-16H2,1-7H3,(H,35,36);;;;/q;;2*+1;2*-1/b2*26-20-;;;;/t2*18-,21-,22-,23+,24+,25-,27-,29-,30-,31-;;;;/m00..../s1. The van der Waals surface area contributed by atoms with E-state index in [1.165, 1.54) is 13.8 Å². The average molecular weight is 1080 g/mol. The second-order valence-corrected chi connectivity index (χ2v) is 27.3. The van der Waals surface area contributed by atoms with Gasteiger partial charge in [-0.3, -0.25) is 9.59 Å². The molecule has 8 aliphatic rings. The number of hydrogen-bond acceptors (Lipinski definition) is 10. The van der Waals surface area contributed by atoms with Crippen molar-refractivity contribution in [3.8, 4) is 0 Å². The van der Waals surface area contributed by atoms with Crippen LogP contribution in [0.15, 0.2) is 45.6 Å². The van der Waals surface area contributed by atoms with E-state index in [-0.39, 0.29) is 142 Å². The molecule has 8 aliphatic carbocycles. The van der Waals surface area contributed by atoms with Crippen molar-refractivity contribution in [2.24, 2.45) is 79.8 Å². The Labute approximate surface area is 503 Å². The molecule has 0 bridgehead atoms. The van der Waals surface area contributed by atoms with Crippen LogP contribution in [0.25, 0.3) is 0 Å². The molecule has 0 unspecified atom stereocenters. The Kier molecular flexibility index (Phi) is 20.9. The first-order valence-electron chi connectivity index (χ1n) is 28.6. The normalized spacial score (nSPS) is 45.0. The molecule has 0 aromatic carbocycles. The van der Waals surface area contributed by atoms with Gasteiger partial charge in [0.1, 0.15) is 12.2 Å². The number of aliphatic hydroxyl groups is 4. The predicted octanol–water partition coefficient (Wildman–Crippen LogP) is 5.57. The molecule has 0 radical (unpaired) electrons. The third kappa shape index (κ3) is 11.2. The molecule has 0 saturated heterocycles. The van der Waals surface area contributed by atoms with Crippen LogP contribution in [0, 0.1) is 79.8 Å². The summed E-state index contributed by atoms with van der Waals surface area (Å²) < 4.78 is 11.7. The van der Waals surface area contributed by atoms with Crippen LogP contribution in [0.1, 0.15) is 203 Å². The number of esters is 2. The van der Waals surface area contributed by atoms with Crippen molar-refractivity contribution >= 4 is 23.9 Å². The summed E-state index contributed by atoms with van der Waals surface area (Å²) in [6, 6.07) is 0. The van der Waals surface area contributed by atoms with Crippen molar-refractivity contribution < 1.29 is 121 Å². The van der Waals surface area contributed by atoms with Crippen LogP contribution in [0.5, 0.6) is 0 Å². The van der Waals surface area contributed by atoms with Crippen molar-refractivity contribution in [2.75, 3.05) is 0 Å². The third-order valence-corrected chi connectivity index (χ3v) is 23.1. The van der Waals surface area contributed by atoms with Crippen LogP contribution in [0.3, 0.4) is 0 Å². The van der Waals surface area contributed by atoms with E-state index in [9.17, 15) is 49.8 Å². The molecule has 0 spiro atoms. The summed E-state index contributed by atoms with van der Waals surface area (Å²) in [4.78, 5) is 49.7. The van der Waals surface area contributed by atoms with Crippen LogP contribution >= 0.6 is 0 Å². The Morgan fingerprint density at radius 2 is 0.855 bits per heavy atom. The van der Waals surface area contributed by atoms with Gasteiger partial charge in [0, 0.05) is 25.0 Å². The number of aliphatic carboxylic acids is 2. The van der Waals surface area contributed by atoms with Crippen molar-refractivity contribution in [2.45, 2.75) is 236 Å². The van der Waals surface area contributed by atoms with Gasteiger partial charge in [-0.1, -0.05) is 78.7 Å². The van der Waals surface area contributed by atoms with Gasteiger partial charge in [0.2, 0.25) is 0 Å². The van der Waals surface area contributed by atoms with Gasteiger partial charge < -0.3 is 43.0 Å². The predicted molar refractivity (Wildman–Crippen MR) is 287 cm³/mol. The summed E-state index contributed by atoms with van der Waals surface area (Å²) in [5, 5.41) is 65.8. The third-order valence-electron chi connectivity index (χ3n) is 23.1. The minimum absolute atomic E-state index is 0. The number of rotatable bonds is 10. The van der Waals surface area contributed by atoms with Crippen molar-refractivity contribution in [1.82, 2.24) is 0 Å². The van der Waals surface area contributed by atoms with Crippen LogP contribution in [-0.2, 0) is 28.7 Å². The topological polar surface area (TPSA) is 208 Å². The molecule has 8 fully saturated rings. The Bertz CT molecular complexity index is 2170. The number of hydrogen-bond donors (Lipinski definition) is 6. The molecule has 0 aromatic rings. The van der Waals surface area contributed by atoms with E-state index < -0.39 is 48.3 Å². The summed E-state index contributed by atoms with van der Waals surface area (Å²) in [7, 11) is 0. The Morgan fingerprint density at radius 3 is 1.14 bits per heavy atom. The van der Waals surface area contributed by atoms with Gasteiger partial charge in [0.15, 0.2) is 0 Å². The molecule has 20 atom stereocenters. The first-order valence-corrected chi connectivity index (χ1v) is 28.6. The van der Waals surface area contributed by atoms with E-state index in [1.807, 2.05) is 39.8 Å². The number of aliphatic hydroxyl groups excluding tert-OH is 4. The SMILES string of the molecule is CC(=O)O[C@H]1C[C@@]2(C)[C@@H](C[C@@H](O)[C@H]3[C@@]4(C)CC[C@@H](O)[C@@H](C)[C@@H]4CC[C@@]32C)/C1=C(\CCC=C(C)C)C(=O)O.CC(=O)O[C@H]1C[C@@]2(C)[C@@H](C[C@@H](O)[C@H]3[C@@]4(C)CC[C@@H](O)[C@@H](C)[C@@H]4CC[C@@]32C)/C1=C(\CCC=C(C)C)C(=O)O.[H-].[H-].[Na+].[Na+]. The minimum atomic E-state index is -0.953. The number of carbonyl (C=O) groups is 4. The fourth-order valence-corrected chi connectivity index (χ4v) is 19.6. The largest absolute Gasteiger partial charge is 1.00 e. The second-order valence-electron chi connectivity index (χ2n) is 27.3. The zero-order chi connectivity index (χ0) is 55.0. The number of allylic oxidation sites excluding steroid dienone is 4. The summed E-state index contributed by atoms with van der Waals surface area (Å²) in [6.07, 6.45) is 12.4. The molecule has 76 heavy (non-hydrogen) atoms. The van der Waals surface area contributed by atoms with Gasteiger partial charge >= 0.3 is 83.0 Å². The Hall–Kier alpha value is -1.32. The van der Waals surface area contributed by atoms with E-state index in [0.29, 0.717) is 74.3 Å². The number of carboxylic acid groups (broad SMARTS) is 2. The van der Waals surface area contributed by atoms with Crippen LogP contribution in [0.2, 0.25) is 0 Å². The van der Waals surface area contributed by atoms with Crippen molar-refractivity contribution in [1.29, 1.82) is 0 Å². The number of fused-ring (bicyclic) bond motifs is 10. The number of ether oxygens (including phenoxy) is 2. The Balaban J connectivity index is 0.000000390. The maximum atomic E-state index is 12.6. The molecule has 0 heterocycles. The van der Waals surface area contributed by atoms with Gasteiger partial charge in [-0.15, -0.1) is 0 Å². The van der Waals surface area contributed by atoms with Gasteiger partial charge in [-0.05, 0) is 221 Å². The maximum absolute atomic E-state index is 12.6. The zero-order valence-electron chi connectivity index (χ0n) is 51.7. The van der Waals surface area contributed by atoms with Gasteiger partial charge in [0.05, 0.1) is 24.4 Å². The van der Waals surface area contributed by atoms with E-state index in [2.05, 4.69) is 55.4 Å². The summed E-state index contributed by atoms with van der Waals surface area (Å²) in [5.41, 5.74) is 3.14. The first kappa shape index (κ1) is 65.5. The second kappa shape index (κ2) is 24.3. The van der Waals surface area contributed by atoms with Crippen molar-refractivity contribution in [3.63, 3.8) is 0 Å². The zero-order valence-corrected chi connectivity index (χ0v) is 53.7. The molecular weight excluding hydrogens is 983 g/mol. The molecular formula is C62H98Na2O12. The van der Waals surface area contributed by atoms with Crippen LogP contribution in [0.4, 0.5) is 0 Å². The summed E-state index contributed by atoms with van der Waals surface area (Å²) >= 11 is 0. The van der Waals surface area contributed by atoms with E-state index in [1.54, 1.807) is 0 Å². The monoisotopic (exact) mass is 1080 g/mol. The quantitative estimate of drug-likeness (QED) is 0.0688. The number of carbonyl (C=O) groups excluding carboxylic acids is 2. The van der Waals surface area contributed by atoms with Gasteiger partial charge in [-0.2, -0.15) is 0 Å². The van der Waals surface area contributed by atoms with Crippen molar-refractivity contribution in [3.05, 3.63) is 45.6 Å². The summed E-state index contributed by atoms with van der Waals surface area (Å²) in [5.74, 6) is -1.82. The maximum Gasteiger partial charge on any atom is 1.00 e. The molecule has 0 aliphatic heterocycles. The molecule has 6 N–H and O–H groups in total. The van der Waals surface area contributed by atoms with Gasteiger partial charge in [-0.25, -0.2) is 9.59 Å². The van der Waals surface area contributed by atoms with Gasteiger partial charge in [0.25, 0.3) is 0 Å². The molecule has 0 aromatic heterocycles.